The highest BCUT2D eigenvalue weighted by molar-refractivity contribution is 7.17. The van der Waals surface area contributed by atoms with Crippen LogP contribution in [0.2, 0.25) is 0 Å². The van der Waals surface area contributed by atoms with Crippen LogP contribution in [0.3, 0.4) is 0 Å². The van der Waals surface area contributed by atoms with Gasteiger partial charge in [-0.3, -0.25) is 9.89 Å². The quantitative estimate of drug-likeness (QED) is 0.771. The number of nitrogens with zero attached hydrogens (tertiary/aromatic N) is 4. The maximum atomic E-state index is 13.0. The summed E-state index contributed by atoms with van der Waals surface area (Å²) in [5, 5.41) is 11.5. The van der Waals surface area contributed by atoms with Crippen LogP contribution in [-0.2, 0) is 6.54 Å². The van der Waals surface area contributed by atoms with Crippen molar-refractivity contribution >= 4 is 28.6 Å². The van der Waals surface area contributed by atoms with Crippen molar-refractivity contribution in [3.05, 3.63) is 39.3 Å². The number of nitrogens with one attached hydrogen (secondary N) is 1. The number of thiazole rings is 1. The fourth-order valence-corrected chi connectivity index (χ4v) is 4.10. The lowest BCUT2D eigenvalue weighted by Crippen LogP contribution is -2.32. The molecule has 0 radical (unpaired) electrons. The number of amides is 1. The van der Waals surface area contributed by atoms with Crippen LogP contribution in [0.1, 0.15) is 33.8 Å². The Morgan fingerprint density at radius 2 is 2.35 bits per heavy atom. The summed E-state index contributed by atoms with van der Waals surface area (Å²) < 4.78 is 0. The van der Waals surface area contributed by atoms with Gasteiger partial charge in [0.2, 0.25) is 0 Å². The molecule has 0 unspecified atom stereocenters. The number of aromatic nitrogens is 4. The van der Waals surface area contributed by atoms with Gasteiger partial charge in [0.1, 0.15) is 11.2 Å². The van der Waals surface area contributed by atoms with Crippen LogP contribution in [0, 0.1) is 6.92 Å². The van der Waals surface area contributed by atoms with E-state index >= 15 is 0 Å². The topological polar surface area (TPSA) is 74.8 Å². The third-order valence-electron chi connectivity index (χ3n) is 3.79. The molecule has 0 spiro atoms. The molecule has 6 nitrogen and oxygen atoms in total. The molecule has 8 heteroatoms. The van der Waals surface area contributed by atoms with Crippen LogP contribution in [0.4, 0.5) is 0 Å². The highest BCUT2D eigenvalue weighted by atomic mass is 32.1. The lowest BCUT2D eigenvalue weighted by atomic mass is 10.2. The largest absolute Gasteiger partial charge is 0.331 e. The van der Waals surface area contributed by atoms with E-state index in [0.717, 1.165) is 18.5 Å². The maximum absolute atomic E-state index is 13.0. The molecule has 0 saturated heterocycles. The first-order valence-electron chi connectivity index (χ1n) is 7.37. The number of carbonyl (C=O) groups is 1. The summed E-state index contributed by atoms with van der Waals surface area (Å²) in [5.74, 6) is 0.674. The van der Waals surface area contributed by atoms with E-state index in [1.165, 1.54) is 23.2 Å². The molecular formula is C15H15N5OS2. The van der Waals surface area contributed by atoms with Gasteiger partial charge in [0.25, 0.3) is 5.91 Å². The van der Waals surface area contributed by atoms with Crippen LogP contribution >= 0.6 is 22.7 Å². The van der Waals surface area contributed by atoms with Gasteiger partial charge in [-0.1, -0.05) is 0 Å². The molecule has 0 aliphatic heterocycles. The van der Waals surface area contributed by atoms with E-state index in [4.69, 9.17) is 0 Å². The van der Waals surface area contributed by atoms with Gasteiger partial charge < -0.3 is 4.90 Å². The van der Waals surface area contributed by atoms with E-state index in [1.54, 1.807) is 11.3 Å². The normalized spacial score (nSPS) is 14.1. The molecule has 4 rings (SSSR count). The van der Waals surface area contributed by atoms with Gasteiger partial charge in [0.15, 0.2) is 10.8 Å². The van der Waals surface area contributed by atoms with Crippen molar-refractivity contribution in [2.24, 2.45) is 0 Å². The number of carbonyl (C=O) groups excluding carboxylic acids is 1. The first kappa shape index (κ1) is 14.5. The fourth-order valence-electron chi connectivity index (χ4n) is 2.47. The summed E-state index contributed by atoms with van der Waals surface area (Å²) >= 11 is 3.04. The first-order valence-corrected chi connectivity index (χ1v) is 9.13. The van der Waals surface area contributed by atoms with Gasteiger partial charge in [-0.2, -0.15) is 16.4 Å². The summed E-state index contributed by atoms with van der Waals surface area (Å²) in [7, 11) is 0. The highest BCUT2D eigenvalue weighted by Crippen LogP contribution is 2.33. The van der Waals surface area contributed by atoms with Gasteiger partial charge >= 0.3 is 0 Å². The predicted octanol–water partition coefficient (Wildman–Crippen LogP) is 3.10. The Hall–Kier alpha value is -2.06. The van der Waals surface area contributed by atoms with Crippen molar-refractivity contribution in [1.82, 2.24) is 25.1 Å². The minimum absolute atomic E-state index is 0.0689. The molecule has 0 bridgehead atoms. The number of aryl methyl sites for hydroxylation is 1. The number of hydrogen-bond donors (Lipinski definition) is 1. The molecule has 1 fully saturated rings. The van der Waals surface area contributed by atoms with Gasteiger partial charge in [0.05, 0.1) is 5.69 Å². The van der Waals surface area contributed by atoms with E-state index in [2.05, 4.69) is 31.6 Å². The molecular weight excluding hydrogens is 330 g/mol. The number of thiophene rings is 1. The van der Waals surface area contributed by atoms with E-state index in [1.807, 2.05) is 17.2 Å². The van der Waals surface area contributed by atoms with Crippen LogP contribution in [0.15, 0.2) is 23.2 Å². The molecule has 3 aromatic rings. The fraction of sp³-hybridized carbons (Fsp3) is 0.333. The maximum Gasteiger partial charge on any atom is 0.266 e. The third-order valence-corrected chi connectivity index (χ3v) is 5.67. The summed E-state index contributed by atoms with van der Waals surface area (Å²) in [6, 6.07) is 2.44. The molecule has 3 heterocycles. The lowest BCUT2D eigenvalue weighted by molar-refractivity contribution is 0.0734. The van der Waals surface area contributed by atoms with Crippen LogP contribution in [-0.4, -0.2) is 37.0 Å². The van der Waals surface area contributed by atoms with Gasteiger partial charge in [0, 0.05) is 12.6 Å². The van der Waals surface area contributed by atoms with Crippen LogP contribution in [0.5, 0.6) is 0 Å². The third kappa shape index (κ3) is 2.91. The standard InChI is InChI=1S/C15H15N5OS2/c1-9-12(23-14(18-9)13-16-8-17-19-13)15(21)20(11-2-3-11)6-10-4-5-22-7-10/h4-5,7-8,11H,2-3,6H2,1H3,(H,16,17,19). The zero-order valence-electron chi connectivity index (χ0n) is 12.5. The minimum atomic E-state index is 0.0689. The van der Waals surface area contributed by atoms with Crippen molar-refractivity contribution in [3.8, 4) is 10.8 Å². The summed E-state index contributed by atoms with van der Waals surface area (Å²) in [5.41, 5.74) is 1.94. The summed E-state index contributed by atoms with van der Waals surface area (Å²) in [4.78, 5) is 24.3. The number of H-pyrrole nitrogens is 1. The Morgan fingerprint density at radius 1 is 1.48 bits per heavy atom. The Bertz CT molecular complexity index is 805. The zero-order valence-corrected chi connectivity index (χ0v) is 14.2. The van der Waals surface area contributed by atoms with Crippen molar-refractivity contribution in [1.29, 1.82) is 0 Å². The number of aromatic amines is 1. The molecule has 3 aromatic heterocycles. The van der Waals surface area contributed by atoms with Crippen LogP contribution in [0.25, 0.3) is 10.8 Å². The molecule has 1 aliphatic rings. The average molecular weight is 345 g/mol. The van der Waals surface area contributed by atoms with Crippen LogP contribution < -0.4 is 0 Å². The summed E-state index contributed by atoms with van der Waals surface area (Å²) in [6.45, 7) is 2.54. The Kier molecular flexibility index (Phi) is 3.70. The molecule has 1 aliphatic carbocycles. The lowest BCUT2D eigenvalue weighted by Gasteiger charge is -2.21. The first-order chi connectivity index (χ1) is 11.2. The van der Waals surface area contributed by atoms with E-state index < -0.39 is 0 Å². The van der Waals surface area contributed by atoms with E-state index in [0.29, 0.717) is 28.3 Å². The zero-order chi connectivity index (χ0) is 15.8. The second-order valence-electron chi connectivity index (χ2n) is 5.56. The SMILES string of the molecule is Cc1nc(-c2ncn[nH]2)sc1C(=O)N(Cc1ccsc1)C1CC1. The molecule has 0 aromatic carbocycles. The van der Waals surface area contributed by atoms with Crippen molar-refractivity contribution in [3.63, 3.8) is 0 Å². The summed E-state index contributed by atoms with van der Waals surface area (Å²) in [6.07, 6.45) is 3.62. The second kappa shape index (κ2) is 5.86. The van der Waals surface area contributed by atoms with E-state index in [-0.39, 0.29) is 5.91 Å². The number of hydrogen-bond acceptors (Lipinski definition) is 6. The molecule has 0 atom stereocenters. The van der Waals surface area contributed by atoms with Gasteiger partial charge in [-0.25, -0.2) is 9.97 Å². The van der Waals surface area contributed by atoms with Gasteiger partial charge in [-0.05, 0) is 42.2 Å². The van der Waals surface area contributed by atoms with Crippen molar-refractivity contribution in [2.75, 3.05) is 0 Å². The van der Waals surface area contributed by atoms with Gasteiger partial charge in [-0.15, -0.1) is 11.3 Å². The van der Waals surface area contributed by atoms with Crippen molar-refractivity contribution < 1.29 is 4.79 Å². The second-order valence-corrected chi connectivity index (χ2v) is 7.34. The Balaban J connectivity index is 1.62. The number of rotatable bonds is 5. The molecule has 118 valence electrons. The predicted molar refractivity (Wildman–Crippen MR) is 89.4 cm³/mol. The Morgan fingerprint density at radius 3 is 3.00 bits per heavy atom. The monoisotopic (exact) mass is 345 g/mol. The highest BCUT2D eigenvalue weighted by Gasteiger charge is 2.34. The minimum Gasteiger partial charge on any atom is -0.331 e. The molecule has 1 N–H and O–H groups in total. The average Bonchev–Trinajstić information content (AvgIpc) is 3.00. The smallest absolute Gasteiger partial charge is 0.266 e. The Labute approximate surface area is 141 Å². The van der Waals surface area contributed by atoms with Crippen molar-refractivity contribution in [2.45, 2.75) is 32.4 Å². The van der Waals surface area contributed by atoms with E-state index in [9.17, 15) is 4.79 Å². The molecule has 1 amide bonds. The molecule has 23 heavy (non-hydrogen) atoms. The molecule has 1 saturated carbocycles.